The van der Waals surface area contributed by atoms with Crippen LogP contribution < -0.4 is 0 Å². The van der Waals surface area contributed by atoms with E-state index in [9.17, 15) is 13.9 Å². The van der Waals surface area contributed by atoms with Crippen LogP contribution in [0.2, 0.25) is 0 Å². The van der Waals surface area contributed by atoms with Crippen LogP contribution in [-0.4, -0.2) is 20.6 Å². The van der Waals surface area contributed by atoms with E-state index in [0.717, 1.165) is 0 Å². The molecule has 0 heterocycles. The van der Waals surface area contributed by atoms with Gasteiger partial charge in [0.25, 0.3) is 0 Å². The van der Waals surface area contributed by atoms with E-state index in [1.807, 2.05) is 0 Å². The normalized spacial score (nSPS) is 19.4. The molecular weight excluding hydrogens is 186 g/mol. The van der Waals surface area contributed by atoms with Crippen LogP contribution >= 0.6 is 15.9 Å². The SMILES string of the molecule is O=C(O)P(=O)(O)O[PH](=O)O. The molecule has 0 rings (SSSR count). The minimum absolute atomic E-state index is 2.15. The van der Waals surface area contributed by atoms with Crippen LogP contribution in [0.25, 0.3) is 0 Å². The third kappa shape index (κ3) is 3.10. The molecule has 0 amide bonds. The van der Waals surface area contributed by atoms with Crippen molar-refractivity contribution in [2.75, 3.05) is 0 Å². The summed E-state index contributed by atoms with van der Waals surface area (Å²) in [7, 11) is -8.60. The summed E-state index contributed by atoms with van der Waals surface area (Å²) in [6, 6.07) is 0. The summed E-state index contributed by atoms with van der Waals surface area (Å²) in [5.41, 5.74) is -2.15. The Morgan fingerprint density at radius 2 is 2.00 bits per heavy atom. The van der Waals surface area contributed by atoms with Crippen LogP contribution in [0.3, 0.4) is 0 Å². The molecule has 0 radical (unpaired) electrons. The second kappa shape index (κ2) is 3.27. The highest BCUT2D eigenvalue weighted by atomic mass is 31.2. The van der Waals surface area contributed by atoms with E-state index < -0.39 is 21.6 Å². The summed E-state index contributed by atoms with van der Waals surface area (Å²) in [4.78, 5) is 25.7. The number of rotatable bonds is 3. The van der Waals surface area contributed by atoms with E-state index in [1.54, 1.807) is 0 Å². The Bertz CT molecular complexity index is 206. The Morgan fingerprint density at radius 1 is 1.60 bits per heavy atom. The molecular formula is CH4O7P2. The molecule has 10 heavy (non-hydrogen) atoms. The smallest absolute Gasteiger partial charge is 0.442 e. The van der Waals surface area contributed by atoms with Crippen LogP contribution in [0, 0.1) is 0 Å². The first kappa shape index (κ1) is 9.81. The van der Waals surface area contributed by atoms with Gasteiger partial charge in [0.1, 0.15) is 0 Å². The molecule has 0 bridgehead atoms. The van der Waals surface area contributed by atoms with Crippen molar-refractivity contribution in [1.29, 1.82) is 0 Å². The van der Waals surface area contributed by atoms with Crippen molar-refractivity contribution in [1.82, 2.24) is 0 Å². The molecule has 0 aromatic carbocycles. The van der Waals surface area contributed by atoms with Crippen LogP contribution in [0.4, 0.5) is 4.79 Å². The molecule has 2 atom stereocenters. The Labute approximate surface area is 55.7 Å². The predicted octanol–water partition coefficient (Wildman–Crippen LogP) is 0.248. The largest absolute Gasteiger partial charge is 0.472 e. The van der Waals surface area contributed by atoms with Crippen LogP contribution in [0.15, 0.2) is 0 Å². The third-order valence-electron chi connectivity index (χ3n) is 0.444. The summed E-state index contributed by atoms with van der Waals surface area (Å²) < 4.78 is 23.1. The first-order valence-electron chi connectivity index (χ1n) is 1.85. The Balaban J connectivity index is 4.29. The Hall–Kier alpha value is -0.190. The van der Waals surface area contributed by atoms with Gasteiger partial charge >= 0.3 is 21.6 Å². The van der Waals surface area contributed by atoms with Crippen molar-refractivity contribution >= 4 is 21.6 Å². The van der Waals surface area contributed by atoms with Crippen molar-refractivity contribution in [3.05, 3.63) is 0 Å². The van der Waals surface area contributed by atoms with Crippen molar-refractivity contribution in [3.8, 4) is 0 Å². The van der Waals surface area contributed by atoms with Gasteiger partial charge in [-0.25, -0.2) is 13.7 Å². The van der Waals surface area contributed by atoms with Crippen LogP contribution in [0.1, 0.15) is 0 Å². The average molecular weight is 190 g/mol. The Morgan fingerprint density at radius 3 is 2.10 bits per heavy atom. The highest BCUT2D eigenvalue weighted by Crippen LogP contribution is 2.49. The van der Waals surface area contributed by atoms with Crippen molar-refractivity contribution in [2.24, 2.45) is 0 Å². The van der Waals surface area contributed by atoms with Crippen LogP contribution in [0.5, 0.6) is 0 Å². The van der Waals surface area contributed by atoms with E-state index in [4.69, 9.17) is 14.9 Å². The fourth-order valence-electron chi connectivity index (χ4n) is 0.145. The molecule has 7 nitrogen and oxygen atoms in total. The zero-order valence-corrected chi connectivity index (χ0v) is 6.32. The van der Waals surface area contributed by atoms with Gasteiger partial charge in [-0.3, -0.25) is 4.57 Å². The highest BCUT2D eigenvalue weighted by Gasteiger charge is 2.32. The highest BCUT2D eigenvalue weighted by molar-refractivity contribution is 7.74. The van der Waals surface area contributed by atoms with Crippen molar-refractivity contribution in [3.63, 3.8) is 0 Å². The van der Waals surface area contributed by atoms with E-state index in [1.165, 1.54) is 0 Å². The Kier molecular flexibility index (Phi) is 3.21. The van der Waals surface area contributed by atoms with Gasteiger partial charge in [-0.05, 0) is 0 Å². The maximum Gasteiger partial charge on any atom is 0.442 e. The first-order valence-corrected chi connectivity index (χ1v) is 4.69. The lowest BCUT2D eigenvalue weighted by atomic mass is 11.6. The quantitative estimate of drug-likeness (QED) is 0.545. The average Bonchev–Trinajstić information content (AvgIpc) is 1.60. The molecule has 0 aromatic heterocycles. The molecule has 9 heteroatoms. The van der Waals surface area contributed by atoms with Gasteiger partial charge in [0.15, 0.2) is 0 Å². The topological polar surface area (TPSA) is 121 Å². The van der Waals surface area contributed by atoms with Crippen LogP contribution in [-0.2, 0) is 13.4 Å². The molecule has 0 aromatic rings. The van der Waals surface area contributed by atoms with E-state index in [2.05, 4.69) is 4.31 Å². The second-order valence-corrected chi connectivity index (χ2v) is 3.85. The molecule has 0 saturated carbocycles. The molecule has 0 aliphatic carbocycles. The zero-order chi connectivity index (χ0) is 8.36. The molecule has 0 aliphatic rings. The summed E-state index contributed by atoms with van der Waals surface area (Å²) in [5.74, 6) is 0. The second-order valence-electron chi connectivity index (χ2n) is 1.16. The van der Waals surface area contributed by atoms with Gasteiger partial charge in [-0.1, -0.05) is 0 Å². The lowest BCUT2D eigenvalue weighted by Gasteiger charge is -2.01. The third-order valence-corrected chi connectivity index (χ3v) is 2.54. The first-order chi connectivity index (χ1) is 4.36. The summed E-state index contributed by atoms with van der Waals surface area (Å²) in [6.07, 6.45) is 0. The summed E-state index contributed by atoms with van der Waals surface area (Å²) in [5, 5.41) is 7.82. The number of hydrogen-bond acceptors (Lipinski definition) is 4. The molecule has 0 spiro atoms. The fourth-order valence-corrected chi connectivity index (χ4v) is 1.30. The maximum atomic E-state index is 10.1. The monoisotopic (exact) mass is 190 g/mol. The van der Waals surface area contributed by atoms with Gasteiger partial charge in [0, 0.05) is 0 Å². The summed E-state index contributed by atoms with van der Waals surface area (Å²) >= 11 is 0. The van der Waals surface area contributed by atoms with Gasteiger partial charge in [-0.2, -0.15) is 0 Å². The molecule has 60 valence electrons. The molecule has 0 fully saturated rings. The molecule has 2 unspecified atom stereocenters. The van der Waals surface area contributed by atoms with Gasteiger partial charge in [-0.15, -0.1) is 0 Å². The fraction of sp³-hybridized carbons (Fsp3) is 0. The lowest BCUT2D eigenvalue weighted by molar-refractivity contribution is 0.208. The predicted molar refractivity (Wildman–Crippen MR) is 30.2 cm³/mol. The number of hydrogen-bond donors (Lipinski definition) is 3. The number of carboxylic acid groups (broad SMARTS) is 1. The van der Waals surface area contributed by atoms with E-state index >= 15 is 0 Å². The van der Waals surface area contributed by atoms with E-state index in [-0.39, 0.29) is 0 Å². The number of carbonyl (C=O) groups is 1. The van der Waals surface area contributed by atoms with Gasteiger partial charge in [0.05, 0.1) is 0 Å². The van der Waals surface area contributed by atoms with Crippen molar-refractivity contribution in [2.45, 2.75) is 0 Å². The molecule has 0 saturated heterocycles. The standard InChI is InChI=1S/CH4O7P2/c2-1(3)10(6,7)8-9(4)5/h9H,(H,2,3)(H,4,5)(H,6,7). The molecule has 0 aliphatic heterocycles. The van der Waals surface area contributed by atoms with Crippen molar-refractivity contribution < 1.29 is 33.1 Å². The summed E-state index contributed by atoms with van der Waals surface area (Å²) in [6.45, 7) is 0. The minimum Gasteiger partial charge on any atom is -0.472 e. The maximum absolute atomic E-state index is 10.1. The molecule has 3 N–H and O–H groups in total. The van der Waals surface area contributed by atoms with E-state index in [0.29, 0.717) is 0 Å². The van der Waals surface area contributed by atoms with Gasteiger partial charge in [0.2, 0.25) is 0 Å². The van der Waals surface area contributed by atoms with Gasteiger partial charge < -0.3 is 14.9 Å². The zero-order valence-electron chi connectivity index (χ0n) is 4.42. The minimum atomic E-state index is -4.92. The lowest BCUT2D eigenvalue weighted by Crippen LogP contribution is -1.94.